The Labute approximate surface area is 98.1 Å². The number of benzene rings is 1. The molecule has 0 saturated carbocycles. The summed E-state index contributed by atoms with van der Waals surface area (Å²) in [6.45, 7) is 7.16. The Hall–Kier alpha value is -1.31. The first-order valence-corrected chi connectivity index (χ1v) is 6.07. The van der Waals surface area contributed by atoms with Gasteiger partial charge in [0.25, 0.3) is 5.91 Å². The highest BCUT2D eigenvalue weighted by atomic mass is 16.1. The number of carbonyl (C=O) groups is 1. The van der Waals surface area contributed by atoms with Crippen LogP contribution in [0.5, 0.6) is 0 Å². The maximum atomic E-state index is 11.6. The van der Waals surface area contributed by atoms with Crippen molar-refractivity contribution >= 4 is 5.91 Å². The van der Waals surface area contributed by atoms with Gasteiger partial charge in [0.2, 0.25) is 0 Å². The third-order valence-corrected chi connectivity index (χ3v) is 2.89. The number of hydrogen-bond acceptors (Lipinski definition) is 1. The third-order valence-electron chi connectivity index (χ3n) is 2.89. The SMILES string of the molecule is CCCNC(=O)c1ccc(C(C)CC)cc1. The van der Waals surface area contributed by atoms with Gasteiger partial charge in [0.05, 0.1) is 0 Å². The Morgan fingerprint density at radius 3 is 2.38 bits per heavy atom. The van der Waals surface area contributed by atoms with Crippen LogP contribution in [0.15, 0.2) is 24.3 Å². The highest BCUT2D eigenvalue weighted by Gasteiger charge is 2.06. The molecule has 0 bridgehead atoms. The Bertz CT molecular complexity index is 329. The minimum Gasteiger partial charge on any atom is -0.352 e. The standard InChI is InChI=1S/C14H21NO/c1-4-10-15-14(16)13-8-6-12(7-9-13)11(3)5-2/h6-9,11H,4-5,10H2,1-3H3,(H,15,16). The molecule has 2 heteroatoms. The summed E-state index contributed by atoms with van der Waals surface area (Å²) in [5, 5.41) is 2.87. The molecule has 0 heterocycles. The van der Waals surface area contributed by atoms with Crippen molar-refractivity contribution in [1.29, 1.82) is 0 Å². The largest absolute Gasteiger partial charge is 0.352 e. The van der Waals surface area contributed by atoms with Crippen LogP contribution >= 0.6 is 0 Å². The summed E-state index contributed by atoms with van der Waals surface area (Å²) in [4.78, 5) is 11.6. The van der Waals surface area contributed by atoms with Crippen LogP contribution < -0.4 is 5.32 Å². The van der Waals surface area contributed by atoms with Gasteiger partial charge in [0.1, 0.15) is 0 Å². The van der Waals surface area contributed by atoms with Gasteiger partial charge in [-0.3, -0.25) is 4.79 Å². The Morgan fingerprint density at radius 2 is 1.88 bits per heavy atom. The molecule has 2 nitrogen and oxygen atoms in total. The number of carbonyl (C=O) groups excluding carboxylic acids is 1. The van der Waals surface area contributed by atoms with E-state index in [2.05, 4.69) is 31.3 Å². The molecule has 0 saturated heterocycles. The first-order valence-electron chi connectivity index (χ1n) is 6.07. The summed E-state index contributed by atoms with van der Waals surface area (Å²) in [7, 11) is 0. The van der Waals surface area contributed by atoms with Crippen molar-refractivity contribution in [3.8, 4) is 0 Å². The van der Waals surface area contributed by atoms with Crippen molar-refractivity contribution < 1.29 is 4.79 Å². The van der Waals surface area contributed by atoms with E-state index in [4.69, 9.17) is 0 Å². The van der Waals surface area contributed by atoms with Gasteiger partial charge in [0.15, 0.2) is 0 Å². The molecule has 1 atom stereocenters. The predicted octanol–water partition coefficient (Wildman–Crippen LogP) is 3.34. The van der Waals surface area contributed by atoms with Gasteiger partial charge in [0, 0.05) is 12.1 Å². The summed E-state index contributed by atoms with van der Waals surface area (Å²) in [6, 6.07) is 7.92. The molecule has 1 amide bonds. The summed E-state index contributed by atoms with van der Waals surface area (Å²) < 4.78 is 0. The average Bonchev–Trinajstić information content (AvgIpc) is 2.35. The van der Waals surface area contributed by atoms with E-state index in [0.29, 0.717) is 5.92 Å². The normalized spacial score (nSPS) is 12.2. The Kier molecular flexibility index (Phi) is 5.03. The fourth-order valence-electron chi connectivity index (χ4n) is 1.54. The summed E-state index contributed by atoms with van der Waals surface area (Å²) in [5.41, 5.74) is 2.05. The number of amides is 1. The highest BCUT2D eigenvalue weighted by Crippen LogP contribution is 2.18. The van der Waals surface area contributed by atoms with E-state index in [0.717, 1.165) is 24.9 Å². The zero-order valence-electron chi connectivity index (χ0n) is 10.4. The lowest BCUT2D eigenvalue weighted by Gasteiger charge is -2.09. The van der Waals surface area contributed by atoms with Crippen LogP contribution in [0.4, 0.5) is 0 Å². The fourth-order valence-corrected chi connectivity index (χ4v) is 1.54. The van der Waals surface area contributed by atoms with E-state index in [1.165, 1.54) is 5.56 Å². The number of nitrogens with one attached hydrogen (secondary N) is 1. The molecule has 0 radical (unpaired) electrons. The molecule has 16 heavy (non-hydrogen) atoms. The molecule has 1 unspecified atom stereocenters. The lowest BCUT2D eigenvalue weighted by Crippen LogP contribution is -2.23. The quantitative estimate of drug-likeness (QED) is 0.808. The van der Waals surface area contributed by atoms with Gasteiger partial charge in [-0.25, -0.2) is 0 Å². The van der Waals surface area contributed by atoms with E-state index in [1.807, 2.05) is 19.1 Å². The van der Waals surface area contributed by atoms with Gasteiger partial charge >= 0.3 is 0 Å². The van der Waals surface area contributed by atoms with Gasteiger partial charge < -0.3 is 5.32 Å². The minimum atomic E-state index is 0.0255. The molecule has 0 aliphatic rings. The predicted molar refractivity (Wildman–Crippen MR) is 67.8 cm³/mol. The first kappa shape index (κ1) is 12.8. The fraction of sp³-hybridized carbons (Fsp3) is 0.500. The second-order valence-electron chi connectivity index (χ2n) is 4.19. The van der Waals surface area contributed by atoms with Crippen LogP contribution in [0.25, 0.3) is 0 Å². The summed E-state index contributed by atoms with van der Waals surface area (Å²) >= 11 is 0. The van der Waals surface area contributed by atoms with Gasteiger partial charge in [-0.1, -0.05) is 32.9 Å². The van der Waals surface area contributed by atoms with Crippen molar-refractivity contribution in [3.05, 3.63) is 35.4 Å². The molecule has 0 aliphatic heterocycles. The third kappa shape index (κ3) is 3.37. The molecular formula is C14H21NO. The molecule has 0 fully saturated rings. The topological polar surface area (TPSA) is 29.1 Å². The molecule has 1 N–H and O–H groups in total. The van der Waals surface area contributed by atoms with Gasteiger partial charge in [-0.05, 0) is 36.5 Å². The minimum absolute atomic E-state index is 0.0255. The Balaban J connectivity index is 2.67. The van der Waals surface area contributed by atoms with Crippen molar-refractivity contribution in [2.45, 2.75) is 39.5 Å². The molecule has 88 valence electrons. The summed E-state index contributed by atoms with van der Waals surface area (Å²) in [6.07, 6.45) is 2.10. The van der Waals surface area contributed by atoms with E-state index < -0.39 is 0 Å². The van der Waals surface area contributed by atoms with E-state index in [9.17, 15) is 4.79 Å². The van der Waals surface area contributed by atoms with Crippen LogP contribution in [0.2, 0.25) is 0 Å². The number of rotatable bonds is 5. The zero-order valence-corrected chi connectivity index (χ0v) is 10.4. The van der Waals surface area contributed by atoms with Gasteiger partial charge in [-0.15, -0.1) is 0 Å². The monoisotopic (exact) mass is 219 g/mol. The lowest BCUT2D eigenvalue weighted by atomic mass is 9.97. The van der Waals surface area contributed by atoms with Crippen LogP contribution in [0, 0.1) is 0 Å². The highest BCUT2D eigenvalue weighted by molar-refractivity contribution is 5.94. The maximum absolute atomic E-state index is 11.6. The second-order valence-corrected chi connectivity index (χ2v) is 4.19. The van der Waals surface area contributed by atoms with Crippen molar-refractivity contribution in [3.63, 3.8) is 0 Å². The molecule has 1 rings (SSSR count). The van der Waals surface area contributed by atoms with E-state index >= 15 is 0 Å². The van der Waals surface area contributed by atoms with Crippen LogP contribution in [0.1, 0.15) is 55.5 Å². The molecule has 1 aromatic carbocycles. The van der Waals surface area contributed by atoms with Crippen molar-refractivity contribution in [1.82, 2.24) is 5.32 Å². The van der Waals surface area contributed by atoms with Crippen LogP contribution in [-0.2, 0) is 0 Å². The zero-order chi connectivity index (χ0) is 12.0. The van der Waals surface area contributed by atoms with Crippen molar-refractivity contribution in [2.24, 2.45) is 0 Å². The first-order chi connectivity index (χ1) is 7.69. The van der Waals surface area contributed by atoms with Gasteiger partial charge in [-0.2, -0.15) is 0 Å². The summed E-state index contributed by atoms with van der Waals surface area (Å²) in [5.74, 6) is 0.588. The molecule has 0 spiro atoms. The van der Waals surface area contributed by atoms with E-state index in [1.54, 1.807) is 0 Å². The van der Waals surface area contributed by atoms with Crippen molar-refractivity contribution in [2.75, 3.05) is 6.54 Å². The van der Waals surface area contributed by atoms with Crippen LogP contribution in [-0.4, -0.2) is 12.5 Å². The Morgan fingerprint density at radius 1 is 1.25 bits per heavy atom. The molecule has 1 aromatic rings. The lowest BCUT2D eigenvalue weighted by molar-refractivity contribution is 0.0953. The van der Waals surface area contributed by atoms with Crippen LogP contribution in [0.3, 0.4) is 0 Å². The average molecular weight is 219 g/mol. The molecular weight excluding hydrogens is 198 g/mol. The molecule has 0 aliphatic carbocycles. The van der Waals surface area contributed by atoms with E-state index in [-0.39, 0.29) is 5.91 Å². The number of hydrogen-bond donors (Lipinski definition) is 1. The second kappa shape index (κ2) is 6.31. The molecule has 0 aromatic heterocycles. The maximum Gasteiger partial charge on any atom is 0.251 e. The smallest absolute Gasteiger partial charge is 0.251 e.